The lowest BCUT2D eigenvalue weighted by Crippen LogP contribution is -2.36. The van der Waals surface area contributed by atoms with Crippen LogP contribution in [0, 0.1) is 12.3 Å². The Hall–Kier alpha value is -2.07. The number of halogens is 1. The minimum atomic E-state index is -0.116. The van der Waals surface area contributed by atoms with Crippen LogP contribution in [0.25, 0.3) is 17.0 Å². The molecule has 0 radical (unpaired) electrons. The van der Waals surface area contributed by atoms with Crippen LogP contribution < -0.4 is 5.32 Å². The van der Waals surface area contributed by atoms with Gasteiger partial charge in [-0.05, 0) is 56.9 Å². The summed E-state index contributed by atoms with van der Waals surface area (Å²) in [6, 6.07) is 9.80. The monoisotopic (exact) mass is 370 g/mol. The fraction of sp³-hybridized carbons (Fsp3) is 0.429. The Morgan fingerprint density at radius 1 is 1.04 bits per heavy atom. The molecule has 0 amide bonds. The normalized spacial score (nSPS) is 12.6. The van der Waals surface area contributed by atoms with E-state index in [1.807, 2.05) is 47.9 Å². The number of rotatable bonds is 4. The standard InChI is InChI=1S/C21H27ClN4/c1-14-8-7-9-16(23-14)18-19(25-21(5,6)13-20(2,3)4)26-12-15(22)10-11-17(26)24-18/h7-12,25H,13H2,1-6H3. The van der Waals surface area contributed by atoms with Crippen molar-refractivity contribution in [2.45, 2.75) is 53.5 Å². The summed E-state index contributed by atoms with van der Waals surface area (Å²) in [4.78, 5) is 9.50. The molecule has 3 aromatic heterocycles. The molecular formula is C21H27ClN4. The van der Waals surface area contributed by atoms with E-state index in [-0.39, 0.29) is 11.0 Å². The summed E-state index contributed by atoms with van der Waals surface area (Å²) in [5, 5.41) is 4.39. The van der Waals surface area contributed by atoms with E-state index in [4.69, 9.17) is 16.6 Å². The van der Waals surface area contributed by atoms with E-state index < -0.39 is 0 Å². The maximum Gasteiger partial charge on any atom is 0.140 e. The smallest absolute Gasteiger partial charge is 0.140 e. The maximum atomic E-state index is 6.26. The van der Waals surface area contributed by atoms with Crippen LogP contribution in [-0.2, 0) is 0 Å². The first-order chi connectivity index (χ1) is 12.0. The van der Waals surface area contributed by atoms with E-state index in [2.05, 4.69) is 44.9 Å². The van der Waals surface area contributed by atoms with Gasteiger partial charge >= 0.3 is 0 Å². The molecule has 3 heterocycles. The van der Waals surface area contributed by atoms with Gasteiger partial charge in [0.15, 0.2) is 0 Å². The van der Waals surface area contributed by atoms with Crippen molar-refractivity contribution in [3.05, 3.63) is 47.2 Å². The molecule has 0 atom stereocenters. The van der Waals surface area contributed by atoms with Crippen LogP contribution in [0.4, 0.5) is 5.82 Å². The number of anilines is 1. The molecule has 0 aliphatic rings. The topological polar surface area (TPSA) is 42.2 Å². The van der Waals surface area contributed by atoms with Gasteiger partial charge in [0, 0.05) is 17.4 Å². The first kappa shape index (κ1) is 18.7. The summed E-state index contributed by atoms with van der Waals surface area (Å²) in [6.45, 7) is 13.2. The van der Waals surface area contributed by atoms with Crippen LogP contribution in [-0.4, -0.2) is 19.9 Å². The molecule has 0 aromatic carbocycles. The predicted octanol–water partition coefficient (Wildman–Crippen LogP) is 5.98. The summed E-state index contributed by atoms with van der Waals surface area (Å²) < 4.78 is 2.02. The molecule has 4 nitrogen and oxygen atoms in total. The lowest BCUT2D eigenvalue weighted by Gasteiger charge is -2.34. The molecule has 0 bridgehead atoms. The zero-order valence-corrected chi connectivity index (χ0v) is 17.1. The molecular weight excluding hydrogens is 344 g/mol. The number of pyridine rings is 2. The lowest BCUT2D eigenvalue weighted by molar-refractivity contribution is 0.302. The highest BCUT2D eigenvalue weighted by Gasteiger charge is 2.28. The molecule has 0 aliphatic carbocycles. The number of hydrogen-bond acceptors (Lipinski definition) is 3. The highest BCUT2D eigenvalue weighted by molar-refractivity contribution is 6.30. The second kappa shape index (κ2) is 6.58. The molecule has 0 aliphatic heterocycles. The van der Waals surface area contributed by atoms with E-state index in [1.54, 1.807) is 0 Å². The van der Waals surface area contributed by atoms with Gasteiger partial charge in [-0.1, -0.05) is 38.4 Å². The van der Waals surface area contributed by atoms with Crippen LogP contribution in [0.2, 0.25) is 5.02 Å². The molecule has 138 valence electrons. The van der Waals surface area contributed by atoms with Crippen molar-refractivity contribution in [1.29, 1.82) is 0 Å². The third kappa shape index (κ3) is 4.18. The third-order valence-corrected chi connectivity index (χ3v) is 4.37. The highest BCUT2D eigenvalue weighted by Crippen LogP contribution is 2.34. The van der Waals surface area contributed by atoms with Gasteiger partial charge in [-0.3, -0.25) is 9.38 Å². The number of aromatic nitrogens is 3. The Balaban J connectivity index is 2.15. The van der Waals surface area contributed by atoms with Gasteiger partial charge < -0.3 is 5.32 Å². The van der Waals surface area contributed by atoms with E-state index in [1.165, 1.54) is 0 Å². The molecule has 0 unspecified atom stereocenters. The van der Waals surface area contributed by atoms with Crippen LogP contribution in [0.15, 0.2) is 36.5 Å². The molecule has 1 N–H and O–H groups in total. The van der Waals surface area contributed by atoms with Crippen LogP contribution in [0.5, 0.6) is 0 Å². The second-order valence-corrected chi connectivity index (χ2v) is 9.23. The van der Waals surface area contributed by atoms with Crippen LogP contribution >= 0.6 is 11.6 Å². The lowest BCUT2D eigenvalue weighted by atomic mass is 9.82. The number of nitrogens with one attached hydrogen (secondary N) is 1. The van der Waals surface area contributed by atoms with Gasteiger partial charge in [0.1, 0.15) is 17.2 Å². The summed E-state index contributed by atoms with van der Waals surface area (Å²) in [5.74, 6) is 0.926. The molecule has 3 aromatic rings. The van der Waals surface area contributed by atoms with Crippen LogP contribution in [0.1, 0.15) is 46.7 Å². The minimum Gasteiger partial charge on any atom is -0.364 e. The van der Waals surface area contributed by atoms with E-state index >= 15 is 0 Å². The fourth-order valence-corrected chi connectivity index (χ4v) is 3.84. The molecule has 26 heavy (non-hydrogen) atoms. The second-order valence-electron chi connectivity index (χ2n) is 8.80. The largest absolute Gasteiger partial charge is 0.364 e. The zero-order chi connectivity index (χ0) is 19.1. The van der Waals surface area contributed by atoms with Gasteiger partial charge in [0.2, 0.25) is 0 Å². The van der Waals surface area contributed by atoms with Crippen molar-refractivity contribution >= 4 is 23.1 Å². The van der Waals surface area contributed by atoms with Crippen molar-refractivity contribution < 1.29 is 0 Å². The Morgan fingerprint density at radius 2 is 1.77 bits per heavy atom. The third-order valence-electron chi connectivity index (χ3n) is 4.14. The first-order valence-electron chi connectivity index (χ1n) is 8.94. The van der Waals surface area contributed by atoms with Gasteiger partial charge in [-0.2, -0.15) is 0 Å². The van der Waals surface area contributed by atoms with Crippen molar-refractivity contribution in [2.24, 2.45) is 5.41 Å². The number of aryl methyl sites for hydroxylation is 1. The van der Waals surface area contributed by atoms with Crippen molar-refractivity contribution in [3.63, 3.8) is 0 Å². The Labute approximate surface area is 160 Å². The quantitative estimate of drug-likeness (QED) is 0.613. The molecule has 0 saturated heterocycles. The summed E-state index contributed by atoms with van der Waals surface area (Å²) in [6.07, 6.45) is 2.91. The minimum absolute atomic E-state index is 0.116. The number of imidazole rings is 1. The van der Waals surface area contributed by atoms with E-state index in [9.17, 15) is 0 Å². The molecule has 0 spiro atoms. The van der Waals surface area contributed by atoms with Crippen LogP contribution in [0.3, 0.4) is 0 Å². The number of hydrogen-bond donors (Lipinski definition) is 1. The molecule has 5 heteroatoms. The zero-order valence-electron chi connectivity index (χ0n) is 16.4. The predicted molar refractivity (Wildman–Crippen MR) is 110 cm³/mol. The van der Waals surface area contributed by atoms with E-state index in [0.717, 1.165) is 35.0 Å². The van der Waals surface area contributed by atoms with Crippen molar-refractivity contribution in [3.8, 4) is 11.4 Å². The summed E-state index contributed by atoms with van der Waals surface area (Å²) in [5.41, 5.74) is 3.61. The SMILES string of the molecule is Cc1cccc(-c2nc3ccc(Cl)cn3c2NC(C)(C)CC(C)(C)C)n1. The molecule has 0 fully saturated rings. The Kier molecular flexibility index (Phi) is 4.74. The van der Waals surface area contributed by atoms with Gasteiger partial charge in [-0.15, -0.1) is 0 Å². The van der Waals surface area contributed by atoms with Gasteiger partial charge in [0.25, 0.3) is 0 Å². The van der Waals surface area contributed by atoms with Crippen molar-refractivity contribution in [1.82, 2.24) is 14.4 Å². The molecule has 3 rings (SSSR count). The first-order valence-corrected chi connectivity index (χ1v) is 9.32. The molecule has 0 saturated carbocycles. The summed E-state index contributed by atoms with van der Waals surface area (Å²) in [7, 11) is 0. The maximum absolute atomic E-state index is 6.26. The Bertz CT molecular complexity index is 935. The van der Waals surface area contributed by atoms with E-state index in [0.29, 0.717) is 5.02 Å². The van der Waals surface area contributed by atoms with Crippen molar-refractivity contribution in [2.75, 3.05) is 5.32 Å². The average molecular weight is 371 g/mol. The summed E-state index contributed by atoms with van der Waals surface area (Å²) >= 11 is 6.26. The average Bonchev–Trinajstić information content (AvgIpc) is 2.82. The fourth-order valence-electron chi connectivity index (χ4n) is 3.68. The number of nitrogens with zero attached hydrogens (tertiary/aromatic N) is 3. The van der Waals surface area contributed by atoms with Gasteiger partial charge in [0.05, 0.1) is 10.7 Å². The highest BCUT2D eigenvalue weighted by atomic mass is 35.5. The Morgan fingerprint density at radius 3 is 2.42 bits per heavy atom. The number of fused-ring (bicyclic) bond motifs is 1. The van der Waals surface area contributed by atoms with Gasteiger partial charge in [-0.25, -0.2) is 4.98 Å².